The first kappa shape index (κ1) is 16.0. The van der Waals surface area contributed by atoms with Gasteiger partial charge in [-0.1, -0.05) is 11.6 Å². The van der Waals surface area contributed by atoms with Crippen LogP contribution < -0.4 is 5.32 Å². The summed E-state index contributed by atoms with van der Waals surface area (Å²) in [4.78, 5) is 9.33. The van der Waals surface area contributed by atoms with Crippen LogP contribution in [0.15, 0.2) is 4.90 Å². The molecule has 0 bridgehead atoms. The molecule has 1 N–H and O–H groups in total. The van der Waals surface area contributed by atoms with E-state index in [2.05, 4.69) is 0 Å². The second kappa shape index (κ2) is 5.49. The fraction of sp³-hybridized carbons (Fsp3) is 0.222. The molecule has 0 aliphatic rings. The molecule has 1 aromatic carbocycles. The van der Waals surface area contributed by atoms with E-state index in [0.717, 1.165) is 6.92 Å². The second-order valence-electron chi connectivity index (χ2n) is 3.19. The van der Waals surface area contributed by atoms with Crippen molar-refractivity contribution in [3.8, 4) is 0 Å². The van der Waals surface area contributed by atoms with Crippen molar-refractivity contribution < 1.29 is 31.1 Å². The number of carbonyl (C=O) groups is 1. The Hall–Kier alpha value is -1.09. The molecule has 1 aromatic rings. The van der Waals surface area contributed by atoms with Gasteiger partial charge in [-0.15, -0.1) is 0 Å². The summed E-state index contributed by atoms with van der Waals surface area (Å²) in [7, 11) is 0. The number of alkyl halides is 3. The first-order valence-electron chi connectivity index (χ1n) is 4.44. The number of carbonyl (C=O) groups excluding carboxylic acids is 1. The number of hydrogen-bond donors (Lipinski definition) is 1. The molecule has 0 saturated carbocycles. The summed E-state index contributed by atoms with van der Waals surface area (Å²) < 4.78 is 76.7. The lowest BCUT2D eigenvalue weighted by atomic mass is 10.2. The monoisotopic (exact) mass is 323 g/mol. The number of anilines is 1. The van der Waals surface area contributed by atoms with Crippen LogP contribution in [-0.2, 0) is 4.79 Å². The van der Waals surface area contributed by atoms with Crippen LogP contribution in [0.1, 0.15) is 6.92 Å². The Balaban J connectivity index is 3.47. The van der Waals surface area contributed by atoms with Gasteiger partial charge in [0.2, 0.25) is 5.91 Å². The minimum Gasteiger partial charge on any atom is -0.321 e. The molecule has 0 fully saturated rings. The number of nitrogens with one attached hydrogen (secondary N) is 1. The van der Waals surface area contributed by atoms with Crippen LogP contribution in [0.5, 0.6) is 0 Å². The molecule has 0 radical (unpaired) electrons. The Kier molecular flexibility index (Phi) is 4.62. The molecule has 0 aliphatic heterocycles. The number of halogens is 7. The van der Waals surface area contributed by atoms with Gasteiger partial charge >= 0.3 is 5.51 Å². The van der Waals surface area contributed by atoms with Gasteiger partial charge in [0, 0.05) is 6.92 Å². The predicted molar refractivity (Wildman–Crippen MR) is 57.5 cm³/mol. The van der Waals surface area contributed by atoms with Crippen molar-refractivity contribution in [1.29, 1.82) is 0 Å². The van der Waals surface area contributed by atoms with Crippen LogP contribution in [0.2, 0.25) is 5.02 Å². The lowest BCUT2D eigenvalue weighted by Crippen LogP contribution is -2.13. The molecule has 0 atom stereocenters. The van der Waals surface area contributed by atoms with E-state index in [-0.39, 0.29) is 0 Å². The summed E-state index contributed by atoms with van der Waals surface area (Å²) in [6.07, 6.45) is 0. The maximum atomic E-state index is 13.6. The van der Waals surface area contributed by atoms with Crippen LogP contribution >= 0.6 is 23.4 Å². The van der Waals surface area contributed by atoms with Crippen molar-refractivity contribution in [3.05, 3.63) is 22.5 Å². The highest BCUT2D eigenvalue weighted by molar-refractivity contribution is 8.00. The Morgan fingerprint density at radius 2 is 1.68 bits per heavy atom. The summed E-state index contributed by atoms with van der Waals surface area (Å²) >= 11 is 4.08. The first-order valence-corrected chi connectivity index (χ1v) is 5.63. The molecular formula is C9H4ClF6NOS. The Labute approximate surface area is 112 Å². The summed E-state index contributed by atoms with van der Waals surface area (Å²) in [6.45, 7) is 0.849. The molecule has 0 spiro atoms. The van der Waals surface area contributed by atoms with Crippen molar-refractivity contribution in [3.63, 3.8) is 0 Å². The maximum absolute atomic E-state index is 13.6. The molecule has 0 aliphatic carbocycles. The topological polar surface area (TPSA) is 29.1 Å². The van der Waals surface area contributed by atoms with Crippen molar-refractivity contribution in [2.45, 2.75) is 17.3 Å². The van der Waals surface area contributed by atoms with E-state index in [4.69, 9.17) is 11.6 Å². The minimum atomic E-state index is -4.96. The fourth-order valence-electron chi connectivity index (χ4n) is 1.10. The third-order valence-electron chi connectivity index (χ3n) is 1.74. The largest absolute Gasteiger partial charge is 0.446 e. The number of thioether (sulfide) groups is 1. The number of rotatable bonds is 2. The Morgan fingerprint density at radius 1 is 1.16 bits per heavy atom. The zero-order valence-electron chi connectivity index (χ0n) is 8.96. The fourth-order valence-corrected chi connectivity index (χ4v) is 1.99. The first-order chi connectivity index (χ1) is 8.54. The van der Waals surface area contributed by atoms with Gasteiger partial charge in [-0.3, -0.25) is 4.79 Å². The third kappa shape index (κ3) is 3.69. The van der Waals surface area contributed by atoms with E-state index in [1.165, 1.54) is 0 Å². The van der Waals surface area contributed by atoms with Crippen molar-refractivity contribution in [2.75, 3.05) is 5.32 Å². The standard InChI is InChI=1S/C9H4ClF6NOS/c1-2(18)17-7-5(12)4(11)3(10)8(6(7)13)19-9(14,15)16/h1H3,(H,17,18). The summed E-state index contributed by atoms with van der Waals surface area (Å²) in [5, 5.41) is 0.226. The zero-order chi connectivity index (χ0) is 15.0. The number of hydrogen-bond acceptors (Lipinski definition) is 2. The Morgan fingerprint density at radius 3 is 2.11 bits per heavy atom. The average Bonchev–Trinajstić information content (AvgIpc) is 2.26. The van der Waals surface area contributed by atoms with Gasteiger partial charge in [0.1, 0.15) is 5.69 Å². The molecule has 0 aromatic heterocycles. The molecule has 0 unspecified atom stereocenters. The molecule has 2 nitrogen and oxygen atoms in total. The zero-order valence-corrected chi connectivity index (χ0v) is 10.5. The summed E-state index contributed by atoms with van der Waals surface area (Å²) in [6, 6.07) is 0. The SMILES string of the molecule is CC(=O)Nc1c(F)c(F)c(Cl)c(SC(F)(F)F)c1F. The number of benzene rings is 1. The maximum Gasteiger partial charge on any atom is 0.446 e. The quantitative estimate of drug-likeness (QED) is 0.380. The molecule has 106 valence electrons. The molecule has 19 heavy (non-hydrogen) atoms. The van der Waals surface area contributed by atoms with Gasteiger partial charge in [-0.2, -0.15) is 13.2 Å². The molecule has 0 saturated heterocycles. The lowest BCUT2D eigenvalue weighted by Gasteiger charge is -2.13. The predicted octanol–water partition coefficient (Wildman–Crippen LogP) is 4.33. The number of amides is 1. The molecular weight excluding hydrogens is 320 g/mol. The Bertz CT molecular complexity index is 533. The van der Waals surface area contributed by atoms with Crippen LogP contribution in [0.25, 0.3) is 0 Å². The highest BCUT2D eigenvalue weighted by Gasteiger charge is 2.35. The minimum absolute atomic E-state index is 0.849. The van der Waals surface area contributed by atoms with E-state index in [9.17, 15) is 31.1 Å². The average molecular weight is 324 g/mol. The van der Waals surface area contributed by atoms with Gasteiger partial charge in [-0.25, -0.2) is 13.2 Å². The van der Waals surface area contributed by atoms with Gasteiger partial charge in [-0.05, 0) is 11.8 Å². The van der Waals surface area contributed by atoms with E-state index in [0.29, 0.717) is 0 Å². The summed E-state index contributed by atoms with van der Waals surface area (Å²) in [5.41, 5.74) is -6.27. The van der Waals surface area contributed by atoms with Crippen molar-refractivity contribution in [1.82, 2.24) is 0 Å². The van der Waals surface area contributed by atoms with E-state index in [1.54, 1.807) is 5.32 Å². The highest BCUT2D eigenvalue weighted by Crippen LogP contribution is 2.45. The van der Waals surface area contributed by atoms with Gasteiger partial charge < -0.3 is 5.32 Å². The molecule has 0 heterocycles. The van der Waals surface area contributed by atoms with Crippen molar-refractivity contribution in [2.24, 2.45) is 0 Å². The molecule has 1 rings (SSSR count). The van der Waals surface area contributed by atoms with Crippen molar-refractivity contribution >= 4 is 35.0 Å². The third-order valence-corrected chi connectivity index (χ3v) is 3.03. The van der Waals surface area contributed by atoms with Crippen LogP contribution in [0, 0.1) is 17.5 Å². The van der Waals surface area contributed by atoms with Crippen LogP contribution in [0.4, 0.5) is 32.0 Å². The molecule has 1 amide bonds. The highest BCUT2D eigenvalue weighted by atomic mass is 35.5. The van der Waals surface area contributed by atoms with E-state index < -0.39 is 56.2 Å². The summed E-state index contributed by atoms with van der Waals surface area (Å²) in [5.74, 6) is -6.52. The van der Waals surface area contributed by atoms with E-state index >= 15 is 0 Å². The van der Waals surface area contributed by atoms with Crippen LogP contribution in [0.3, 0.4) is 0 Å². The van der Waals surface area contributed by atoms with Gasteiger partial charge in [0.25, 0.3) is 0 Å². The smallest absolute Gasteiger partial charge is 0.321 e. The van der Waals surface area contributed by atoms with Gasteiger partial charge in [0.05, 0.1) is 9.92 Å². The normalized spacial score (nSPS) is 11.6. The second-order valence-corrected chi connectivity index (χ2v) is 4.64. The lowest BCUT2D eigenvalue weighted by molar-refractivity contribution is -0.114. The van der Waals surface area contributed by atoms with E-state index in [1.807, 2.05) is 0 Å². The van der Waals surface area contributed by atoms with Crippen LogP contribution in [-0.4, -0.2) is 11.4 Å². The molecule has 10 heteroatoms. The van der Waals surface area contributed by atoms with Gasteiger partial charge in [0.15, 0.2) is 17.5 Å².